The first kappa shape index (κ1) is 13.4. The normalized spacial score (nSPS) is 22.0. The van der Waals surface area contributed by atoms with Crippen molar-refractivity contribution in [2.45, 2.75) is 31.3 Å². The number of nitrogens with zero attached hydrogens (tertiary/aromatic N) is 1. The van der Waals surface area contributed by atoms with Crippen LogP contribution in [0.2, 0.25) is 0 Å². The predicted octanol–water partition coefficient (Wildman–Crippen LogP) is 0.160. The van der Waals surface area contributed by atoms with Crippen molar-refractivity contribution in [3.8, 4) is 0 Å². The molecule has 0 aromatic carbocycles. The molecular weight excluding hydrogens is 208 g/mol. The van der Waals surface area contributed by atoms with E-state index in [-0.39, 0.29) is 0 Å². The summed E-state index contributed by atoms with van der Waals surface area (Å²) in [4.78, 5) is 13.4. The number of hydrogen-bond donors (Lipinski definition) is 2. The Morgan fingerprint density at radius 1 is 1.50 bits per heavy atom. The maximum absolute atomic E-state index is 11.3. The molecule has 0 aromatic rings. The quantitative estimate of drug-likeness (QED) is 0.704. The van der Waals surface area contributed by atoms with Crippen molar-refractivity contribution in [3.63, 3.8) is 0 Å². The molecule has 0 spiro atoms. The zero-order valence-electron chi connectivity index (χ0n) is 10.3. The molecule has 1 fully saturated rings. The van der Waals surface area contributed by atoms with Gasteiger partial charge >= 0.3 is 5.97 Å². The lowest BCUT2D eigenvalue weighted by Crippen LogP contribution is -2.57. The number of hydrogen-bond acceptors (Lipinski definition) is 4. The van der Waals surface area contributed by atoms with Gasteiger partial charge in [0.2, 0.25) is 0 Å². The minimum absolute atomic E-state index is 0.319. The summed E-state index contributed by atoms with van der Waals surface area (Å²) in [7, 11) is 3.98. The zero-order chi connectivity index (χ0) is 12.2. The number of nitrogens with one attached hydrogen (secondary N) is 1. The standard InChI is InChI=1S/C11H22N2O3/c1-9(13(2)3)8-12-11(10(14)15)4-6-16-7-5-11/h9,12H,4-8H2,1-3H3,(H,14,15). The number of carbonyl (C=O) groups is 1. The number of aliphatic carboxylic acids is 1. The van der Waals surface area contributed by atoms with Gasteiger partial charge in [-0.25, -0.2) is 0 Å². The molecule has 1 heterocycles. The second-order valence-electron chi connectivity index (χ2n) is 4.69. The number of ether oxygens (including phenoxy) is 1. The Kier molecular flexibility index (Phi) is 4.70. The monoisotopic (exact) mass is 230 g/mol. The largest absolute Gasteiger partial charge is 0.480 e. The fraction of sp³-hybridized carbons (Fsp3) is 0.909. The van der Waals surface area contributed by atoms with Crippen molar-refractivity contribution in [3.05, 3.63) is 0 Å². The molecule has 0 aliphatic carbocycles. The van der Waals surface area contributed by atoms with Crippen LogP contribution in [0, 0.1) is 0 Å². The Labute approximate surface area is 96.8 Å². The van der Waals surface area contributed by atoms with E-state index in [4.69, 9.17) is 4.74 Å². The Morgan fingerprint density at radius 3 is 2.50 bits per heavy atom. The topological polar surface area (TPSA) is 61.8 Å². The van der Waals surface area contributed by atoms with Gasteiger partial charge in [-0.15, -0.1) is 0 Å². The first-order chi connectivity index (χ1) is 7.48. The average Bonchev–Trinajstić information content (AvgIpc) is 2.26. The van der Waals surface area contributed by atoms with Crippen LogP contribution in [-0.2, 0) is 9.53 Å². The van der Waals surface area contributed by atoms with Crippen LogP contribution in [0.15, 0.2) is 0 Å². The van der Waals surface area contributed by atoms with E-state index >= 15 is 0 Å². The van der Waals surface area contributed by atoms with E-state index in [2.05, 4.69) is 17.1 Å². The first-order valence-corrected chi connectivity index (χ1v) is 5.70. The molecule has 0 radical (unpaired) electrons. The lowest BCUT2D eigenvalue weighted by Gasteiger charge is -2.35. The van der Waals surface area contributed by atoms with Gasteiger partial charge in [0.25, 0.3) is 0 Å². The van der Waals surface area contributed by atoms with Crippen molar-refractivity contribution < 1.29 is 14.6 Å². The second-order valence-corrected chi connectivity index (χ2v) is 4.69. The summed E-state index contributed by atoms with van der Waals surface area (Å²) in [6.07, 6.45) is 1.09. The fourth-order valence-corrected chi connectivity index (χ4v) is 1.71. The van der Waals surface area contributed by atoms with Gasteiger partial charge in [0.15, 0.2) is 0 Å². The van der Waals surface area contributed by atoms with E-state index in [0.717, 1.165) is 0 Å². The van der Waals surface area contributed by atoms with Crippen molar-refractivity contribution in [1.29, 1.82) is 0 Å². The Bertz CT molecular complexity index is 237. The van der Waals surface area contributed by atoms with Crippen molar-refractivity contribution in [2.24, 2.45) is 0 Å². The van der Waals surface area contributed by atoms with Crippen LogP contribution < -0.4 is 5.32 Å². The number of rotatable bonds is 5. The maximum Gasteiger partial charge on any atom is 0.324 e. The van der Waals surface area contributed by atoms with Crippen molar-refractivity contribution in [1.82, 2.24) is 10.2 Å². The van der Waals surface area contributed by atoms with Crippen LogP contribution in [-0.4, -0.2) is 61.4 Å². The van der Waals surface area contributed by atoms with E-state index in [1.165, 1.54) is 0 Å². The summed E-state index contributed by atoms with van der Waals surface area (Å²) >= 11 is 0. The summed E-state index contributed by atoms with van der Waals surface area (Å²) in [6.45, 7) is 3.80. The van der Waals surface area contributed by atoms with E-state index in [1.54, 1.807) is 0 Å². The van der Waals surface area contributed by atoms with Crippen LogP contribution in [0.3, 0.4) is 0 Å². The van der Waals surface area contributed by atoms with Gasteiger partial charge in [-0.3, -0.25) is 4.79 Å². The van der Waals surface area contributed by atoms with E-state index < -0.39 is 11.5 Å². The highest BCUT2D eigenvalue weighted by molar-refractivity contribution is 5.78. The highest BCUT2D eigenvalue weighted by atomic mass is 16.5. The minimum Gasteiger partial charge on any atom is -0.480 e. The van der Waals surface area contributed by atoms with Crippen LogP contribution in [0.5, 0.6) is 0 Å². The molecule has 1 rings (SSSR count). The molecule has 1 saturated heterocycles. The van der Waals surface area contributed by atoms with Crippen LogP contribution >= 0.6 is 0 Å². The minimum atomic E-state index is -0.789. The third kappa shape index (κ3) is 3.17. The van der Waals surface area contributed by atoms with Gasteiger partial charge in [0, 0.05) is 25.8 Å². The summed E-state index contributed by atoms with van der Waals surface area (Å²) in [6, 6.07) is 0.319. The molecule has 5 nitrogen and oxygen atoms in total. The average molecular weight is 230 g/mol. The van der Waals surface area contributed by atoms with E-state index in [0.29, 0.717) is 38.6 Å². The lowest BCUT2D eigenvalue weighted by atomic mass is 9.90. The molecule has 94 valence electrons. The number of carboxylic acids is 1. The third-order valence-corrected chi connectivity index (χ3v) is 3.37. The molecule has 0 aromatic heterocycles. The second kappa shape index (κ2) is 5.61. The smallest absolute Gasteiger partial charge is 0.324 e. The zero-order valence-corrected chi connectivity index (χ0v) is 10.3. The summed E-state index contributed by atoms with van der Waals surface area (Å²) in [5.41, 5.74) is -0.789. The Balaban J connectivity index is 2.54. The lowest BCUT2D eigenvalue weighted by molar-refractivity contribution is -0.149. The van der Waals surface area contributed by atoms with Gasteiger partial charge in [0.05, 0.1) is 0 Å². The molecule has 5 heteroatoms. The first-order valence-electron chi connectivity index (χ1n) is 5.70. The van der Waals surface area contributed by atoms with Crippen LogP contribution in [0.25, 0.3) is 0 Å². The summed E-state index contributed by atoms with van der Waals surface area (Å²) in [5.74, 6) is -0.762. The SMILES string of the molecule is CC(CNC1(C(=O)O)CCOCC1)N(C)C. The molecule has 0 amide bonds. The third-order valence-electron chi connectivity index (χ3n) is 3.37. The van der Waals surface area contributed by atoms with Gasteiger partial charge in [-0.2, -0.15) is 0 Å². The highest BCUT2D eigenvalue weighted by Gasteiger charge is 2.39. The summed E-state index contributed by atoms with van der Waals surface area (Å²) < 4.78 is 5.22. The van der Waals surface area contributed by atoms with Gasteiger partial charge in [-0.05, 0) is 33.9 Å². The van der Waals surface area contributed by atoms with Crippen LogP contribution in [0.4, 0.5) is 0 Å². The van der Waals surface area contributed by atoms with Crippen LogP contribution in [0.1, 0.15) is 19.8 Å². The molecule has 1 aliphatic heterocycles. The highest BCUT2D eigenvalue weighted by Crippen LogP contribution is 2.21. The molecule has 16 heavy (non-hydrogen) atoms. The predicted molar refractivity (Wildman–Crippen MR) is 61.6 cm³/mol. The van der Waals surface area contributed by atoms with E-state index in [9.17, 15) is 9.90 Å². The summed E-state index contributed by atoms with van der Waals surface area (Å²) in [5, 5.41) is 12.5. The molecular formula is C11H22N2O3. The molecule has 1 unspecified atom stereocenters. The molecule has 0 bridgehead atoms. The van der Waals surface area contributed by atoms with Gasteiger partial charge in [0.1, 0.15) is 5.54 Å². The number of carboxylic acid groups (broad SMARTS) is 1. The van der Waals surface area contributed by atoms with Crippen molar-refractivity contribution in [2.75, 3.05) is 33.9 Å². The maximum atomic E-state index is 11.3. The Hall–Kier alpha value is -0.650. The van der Waals surface area contributed by atoms with E-state index in [1.807, 2.05) is 14.1 Å². The molecule has 0 saturated carbocycles. The molecule has 1 atom stereocenters. The number of likely N-dealkylation sites (N-methyl/N-ethyl adjacent to an activating group) is 1. The fourth-order valence-electron chi connectivity index (χ4n) is 1.71. The molecule has 1 aliphatic rings. The molecule has 2 N–H and O–H groups in total. The Morgan fingerprint density at radius 2 is 2.06 bits per heavy atom. The van der Waals surface area contributed by atoms with Gasteiger partial charge in [-0.1, -0.05) is 0 Å². The van der Waals surface area contributed by atoms with Crippen molar-refractivity contribution >= 4 is 5.97 Å². The van der Waals surface area contributed by atoms with Gasteiger partial charge < -0.3 is 20.1 Å².